The molecule has 1 rings (SSSR count). The molecule has 84 valence electrons. The largest absolute Gasteiger partial charge is 0.315 e. The molecule has 0 aromatic rings. The highest BCUT2D eigenvalue weighted by Gasteiger charge is 2.12. The van der Waals surface area contributed by atoms with Crippen molar-refractivity contribution in [1.82, 2.24) is 5.32 Å². The minimum atomic E-state index is 0.725. The van der Waals surface area contributed by atoms with E-state index in [1.807, 2.05) is 0 Å². The molecule has 1 nitrogen and oxygen atoms in total. The summed E-state index contributed by atoms with van der Waals surface area (Å²) < 4.78 is 0. The van der Waals surface area contributed by atoms with Crippen molar-refractivity contribution in [3.8, 4) is 0 Å². The first-order valence-corrected chi connectivity index (χ1v) is 6.56. The Morgan fingerprint density at radius 1 is 1.14 bits per heavy atom. The summed E-state index contributed by atoms with van der Waals surface area (Å²) in [6.45, 7) is 5.63. The van der Waals surface area contributed by atoms with Crippen LogP contribution in [0.4, 0.5) is 0 Å². The van der Waals surface area contributed by atoms with Crippen molar-refractivity contribution in [1.29, 1.82) is 0 Å². The van der Waals surface area contributed by atoms with E-state index in [0.717, 1.165) is 18.5 Å². The summed E-state index contributed by atoms with van der Waals surface area (Å²) in [4.78, 5) is 0. The zero-order chi connectivity index (χ0) is 10.2. The van der Waals surface area contributed by atoms with Crippen LogP contribution in [0.1, 0.15) is 65.2 Å². The molecule has 0 saturated heterocycles. The van der Waals surface area contributed by atoms with Gasteiger partial charge in [0, 0.05) is 6.04 Å². The second kappa shape index (κ2) is 7.28. The fourth-order valence-electron chi connectivity index (χ4n) is 2.59. The van der Waals surface area contributed by atoms with Crippen molar-refractivity contribution >= 4 is 0 Å². The van der Waals surface area contributed by atoms with Crippen LogP contribution in [0.25, 0.3) is 0 Å². The first-order chi connectivity index (χ1) is 6.83. The molecule has 1 saturated carbocycles. The van der Waals surface area contributed by atoms with Crippen molar-refractivity contribution in [3.63, 3.8) is 0 Å². The van der Waals surface area contributed by atoms with E-state index < -0.39 is 0 Å². The highest BCUT2D eigenvalue weighted by atomic mass is 14.9. The van der Waals surface area contributed by atoms with Gasteiger partial charge in [-0.1, -0.05) is 45.4 Å². The van der Waals surface area contributed by atoms with E-state index in [4.69, 9.17) is 0 Å². The van der Waals surface area contributed by atoms with Crippen LogP contribution in [-0.2, 0) is 0 Å². The van der Waals surface area contributed by atoms with Gasteiger partial charge in [0.25, 0.3) is 0 Å². The second-order valence-electron chi connectivity index (χ2n) is 4.89. The van der Waals surface area contributed by atoms with Gasteiger partial charge in [-0.3, -0.25) is 0 Å². The third-order valence-electron chi connectivity index (χ3n) is 3.54. The predicted octanol–water partition coefficient (Wildman–Crippen LogP) is 3.74. The van der Waals surface area contributed by atoms with Crippen LogP contribution < -0.4 is 5.32 Å². The molecule has 1 fully saturated rings. The molecule has 0 heterocycles. The monoisotopic (exact) mass is 197 g/mol. The molecule has 0 aliphatic heterocycles. The Morgan fingerprint density at radius 2 is 1.79 bits per heavy atom. The van der Waals surface area contributed by atoms with E-state index >= 15 is 0 Å². The molecule has 1 atom stereocenters. The van der Waals surface area contributed by atoms with Crippen LogP contribution in [0.2, 0.25) is 0 Å². The molecule has 1 N–H and O–H groups in total. The van der Waals surface area contributed by atoms with Gasteiger partial charge in [-0.15, -0.1) is 0 Å². The Hall–Kier alpha value is -0.0400. The molecule has 0 aromatic heterocycles. The average molecular weight is 197 g/mol. The molecule has 1 aliphatic carbocycles. The third-order valence-corrected chi connectivity index (χ3v) is 3.54. The zero-order valence-electron chi connectivity index (χ0n) is 10.0. The van der Waals surface area contributed by atoms with Crippen LogP contribution in [0.3, 0.4) is 0 Å². The lowest BCUT2D eigenvalue weighted by molar-refractivity contribution is 0.382. The van der Waals surface area contributed by atoms with Crippen molar-refractivity contribution in [2.75, 3.05) is 6.54 Å². The molecule has 1 unspecified atom stereocenters. The summed E-state index contributed by atoms with van der Waals surface area (Å²) in [6, 6.07) is 0.725. The van der Waals surface area contributed by atoms with E-state index in [9.17, 15) is 0 Å². The van der Waals surface area contributed by atoms with E-state index in [1.165, 1.54) is 51.4 Å². The lowest BCUT2D eigenvalue weighted by Gasteiger charge is -2.17. The van der Waals surface area contributed by atoms with Gasteiger partial charge in [0.1, 0.15) is 0 Å². The summed E-state index contributed by atoms with van der Waals surface area (Å²) in [6.07, 6.45) is 11.8. The standard InChI is InChI=1S/C13H27N/c1-3-14-12(2)10-11-13-8-6-4-5-7-9-13/h12-14H,3-11H2,1-2H3. The lowest BCUT2D eigenvalue weighted by atomic mass is 9.93. The van der Waals surface area contributed by atoms with Gasteiger partial charge in [-0.05, 0) is 32.2 Å². The van der Waals surface area contributed by atoms with Crippen molar-refractivity contribution in [2.24, 2.45) is 5.92 Å². The van der Waals surface area contributed by atoms with Crippen LogP contribution in [0.5, 0.6) is 0 Å². The van der Waals surface area contributed by atoms with E-state index in [0.29, 0.717) is 0 Å². The molecule has 1 heteroatoms. The maximum atomic E-state index is 3.50. The minimum Gasteiger partial charge on any atom is -0.315 e. The Kier molecular flexibility index (Phi) is 6.25. The van der Waals surface area contributed by atoms with Crippen molar-refractivity contribution in [2.45, 2.75) is 71.3 Å². The summed E-state index contributed by atoms with van der Waals surface area (Å²) in [7, 11) is 0. The first kappa shape index (κ1) is 12.0. The smallest absolute Gasteiger partial charge is 0.00387 e. The van der Waals surface area contributed by atoms with Crippen LogP contribution in [0.15, 0.2) is 0 Å². The summed E-state index contributed by atoms with van der Waals surface area (Å²) in [5, 5.41) is 3.50. The van der Waals surface area contributed by atoms with Gasteiger partial charge in [0.05, 0.1) is 0 Å². The molecule has 1 aliphatic rings. The average Bonchev–Trinajstić information content (AvgIpc) is 2.43. The number of hydrogen-bond donors (Lipinski definition) is 1. The molecule has 14 heavy (non-hydrogen) atoms. The van der Waals surface area contributed by atoms with Crippen LogP contribution >= 0.6 is 0 Å². The van der Waals surface area contributed by atoms with Crippen LogP contribution in [0, 0.1) is 5.92 Å². The molecule has 0 amide bonds. The minimum absolute atomic E-state index is 0.725. The predicted molar refractivity (Wildman–Crippen MR) is 63.6 cm³/mol. The van der Waals surface area contributed by atoms with Gasteiger partial charge < -0.3 is 5.32 Å². The summed E-state index contributed by atoms with van der Waals surface area (Å²) in [5.74, 6) is 1.04. The van der Waals surface area contributed by atoms with E-state index in [-0.39, 0.29) is 0 Å². The number of rotatable bonds is 5. The maximum Gasteiger partial charge on any atom is 0.00387 e. The van der Waals surface area contributed by atoms with Gasteiger partial charge >= 0.3 is 0 Å². The van der Waals surface area contributed by atoms with Crippen molar-refractivity contribution in [3.05, 3.63) is 0 Å². The first-order valence-electron chi connectivity index (χ1n) is 6.56. The van der Waals surface area contributed by atoms with Gasteiger partial charge in [-0.2, -0.15) is 0 Å². The number of nitrogens with one attached hydrogen (secondary N) is 1. The topological polar surface area (TPSA) is 12.0 Å². The zero-order valence-corrected chi connectivity index (χ0v) is 10.0. The van der Waals surface area contributed by atoms with E-state index in [2.05, 4.69) is 19.2 Å². The summed E-state index contributed by atoms with van der Waals surface area (Å²) in [5.41, 5.74) is 0. The molecule has 0 bridgehead atoms. The molecule has 0 aromatic carbocycles. The van der Waals surface area contributed by atoms with Crippen molar-refractivity contribution < 1.29 is 0 Å². The number of hydrogen-bond acceptors (Lipinski definition) is 1. The van der Waals surface area contributed by atoms with E-state index in [1.54, 1.807) is 0 Å². The maximum absolute atomic E-state index is 3.50. The highest BCUT2D eigenvalue weighted by Crippen LogP contribution is 2.26. The lowest BCUT2D eigenvalue weighted by Crippen LogP contribution is -2.26. The highest BCUT2D eigenvalue weighted by molar-refractivity contribution is 4.68. The Balaban J connectivity index is 2.09. The molecular weight excluding hydrogens is 170 g/mol. The van der Waals surface area contributed by atoms with Gasteiger partial charge in [0.15, 0.2) is 0 Å². The molecule has 0 spiro atoms. The molecular formula is C13H27N. The molecule has 0 radical (unpaired) electrons. The Bertz CT molecular complexity index is 125. The Morgan fingerprint density at radius 3 is 2.36 bits per heavy atom. The Labute approximate surface area is 89.7 Å². The van der Waals surface area contributed by atoms with Gasteiger partial charge in [0.2, 0.25) is 0 Å². The normalized spacial score (nSPS) is 21.9. The fourth-order valence-corrected chi connectivity index (χ4v) is 2.59. The quantitative estimate of drug-likeness (QED) is 0.662. The second-order valence-corrected chi connectivity index (χ2v) is 4.89. The van der Waals surface area contributed by atoms with Gasteiger partial charge in [-0.25, -0.2) is 0 Å². The van der Waals surface area contributed by atoms with Crippen LogP contribution in [-0.4, -0.2) is 12.6 Å². The fraction of sp³-hybridized carbons (Fsp3) is 1.00. The third kappa shape index (κ3) is 4.99. The summed E-state index contributed by atoms with van der Waals surface area (Å²) >= 11 is 0. The SMILES string of the molecule is CCNC(C)CCC1CCCCCC1.